The molecule has 15 heavy (non-hydrogen) atoms. The van der Waals surface area contributed by atoms with E-state index in [9.17, 15) is 0 Å². The van der Waals surface area contributed by atoms with Gasteiger partial charge < -0.3 is 4.74 Å². The molecule has 0 spiro atoms. The van der Waals surface area contributed by atoms with Gasteiger partial charge in [0.2, 0.25) is 0 Å². The van der Waals surface area contributed by atoms with Gasteiger partial charge in [-0.2, -0.15) is 0 Å². The molecule has 0 aromatic heterocycles. The van der Waals surface area contributed by atoms with E-state index < -0.39 is 0 Å². The molecule has 0 saturated heterocycles. The zero-order valence-corrected chi connectivity index (χ0v) is 11.0. The molecule has 1 aliphatic heterocycles. The van der Waals surface area contributed by atoms with Gasteiger partial charge in [0.25, 0.3) is 0 Å². The van der Waals surface area contributed by atoms with Crippen molar-refractivity contribution in [2.75, 3.05) is 12.9 Å². The second kappa shape index (κ2) is 5.08. The fourth-order valence-corrected chi connectivity index (χ4v) is 3.31. The summed E-state index contributed by atoms with van der Waals surface area (Å²) < 4.78 is 6.29. The minimum atomic E-state index is 1.11. The average Bonchev–Trinajstić information content (AvgIpc) is 2.41. The summed E-state index contributed by atoms with van der Waals surface area (Å²) in [6.45, 7) is 0. The second-order valence-electron chi connectivity index (χ2n) is 3.47. The fraction of sp³-hybridized carbons (Fsp3) is 0.333. The van der Waals surface area contributed by atoms with E-state index in [2.05, 4.69) is 34.1 Å². The Bertz CT molecular complexity index is 387. The molecule has 0 unspecified atom stereocenters. The van der Waals surface area contributed by atoms with Crippen LogP contribution in [0.5, 0.6) is 0 Å². The van der Waals surface area contributed by atoms with E-state index >= 15 is 0 Å². The summed E-state index contributed by atoms with van der Waals surface area (Å²) in [7, 11) is 1.71. The predicted octanol–water partition coefficient (Wildman–Crippen LogP) is 4.32. The first-order valence-electron chi connectivity index (χ1n) is 4.96. The molecular formula is C12H13BrOS. The molecule has 0 atom stereocenters. The van der Waals surface area contributed by atoms with Gasteiger partial charge in [-0.25, -0.2) is 0 Å². The summed E-state index contributed by atoms with van der Waals surface area (Å²) in [5.41, 5.74) is 2.63. The molecule has 1 aromatic carbocycles. The zero-order chi connectivity index (χ0) is 10.7. The van der Waals surface area contributed by atoms with Crippen molar-refractivity contribution in [3.8, 4) is 0 Å². The molecule has 80 valence electrons. The lowest BCUT2D eigenvalue weighted by Gasteiger charge is -2.08. The molecule has 0 amide bonds. The summed E-state index contributed by atoms with van der Waals surface area (Å²) in [4.78, 5) is 1.35. The summed E-state index contributed by atoms with van der Waals surface area (Å²) in [6.07, 6.45) is 4.19. The molecule has 2 rings (SSSR count). The van der Waals surface area contributed by atoms with Crippen LogP contribution < -0.4 is 0 Å². The Labute approximate surface area is 103 Å². The Balaban J connectivity index is 2.45. The van der Waals surface area contributed by atoms with Gasteiger partial charge in [0, 0.05) is 9.37 Å². The van der Waals surface area contributed by atoms with Crippen molar-refractivity contribution in [2.45, 2.75) is 17.7 Å². The number of fused-ring (bicyclic) bond motifs is 1. The van der Waals surface area contributed by atoms with E-state index in [4.69, 9.17) is 4.74 Å². The van der Waals surface area contributed by atoms with Gasteiger partial charge in [-0.15, -0.1) is 11.8 Å². The Morgan fingerprint density at radius 2 is 2.33 bits per heavy atom. The van der Waals surface area contributed by atoms with Crippen molar-refractivity contribution < 1.29 is 4.74 Å². The summed E-state index contributed by atoms with van der Waals surface area (Å²) in [5, 5.41) is 0. The second-order valence-corrected chi connectivity index (χ2v) is 5.52. The molecule has 0 N–H and O–H groups in total. The number of methoxy groups -OCH3 is 1. The van der Waals surface area contributed by atoms with Crippen LogP contribution in [0.3, 0.4) is 0 Å². The number of hydrogen-bond donors (Lipinski definition) is 0. The lowest BCUT2D eigenvalue weighted by Crippen LogP contribution is -1.86. The third kappa shape index (κ3) is 2.58. The molecule has 0 radical (unpaired) electrons. The summed E-state index contributed by atoms with van der Waals surface area (Å²) >= 11 is 5.44. The van der Waals surface area contributed by atoms with E-state index in [1.807, 2.05) is 18.0 Å². The third-order valence-corrected chi connectivity index (χ3v) is 4.03. The van der Waals surface area contributed by atoms with E-state index in [0.717, 1.165) is 10.9 Å². The Morgan fingerprint density at radius 1 is 1.47 bits per heavy atom. The van der Waals surface area contributed by atoms with Gasteiger partial charge in [0.15, 0.2) is 0 Å². The Kier molecular flexibility index (Phi) is 3.76. The monoisotopic (exact) mass is 284 g/mol. The van der Waals surface area contributed by atoms with E-state index in [1.54, 1.807) is 7.11 Å². The largest absolute Gasteiger partial charge is 0.504 e. The SMILES string of the molecule is COC=C1CCCSc2cc(Br)ccc21. The lowest BCUT2D eigenvalue weighted by molar-refractivity contribution is 0.338. The van der Waals surface area contributed by atoms with Crippen LogP contribution in [0.15, 0.2) is 33.8 Å². The van der Waals surface area contributed by atoms with Crippen LogP contribution in [0.1, 0.15) is 18.4 Å². The van der Waals surface area contributed by atoms with Gasteiger partial charge in [-0.1, -0.05) is 22.0 Å². The number of halogens is 1. The maximum atomic E-state index is 5.14. The summed E-state index contributed by atoms with van der Waals surface area (Å²) in [6, 6.07) is 6.45. The van der Waals surface area contributed by atoms with E-state index in [0.29, 0.717) is 0 Å². The third-order valence-electron chi connectivity index (χ3n) is 2.40. The molecular weight excluding hydrogens is 272 g/mol. The van der Waals surface area contributed by atoms with Crippen LogP contribution in [0.25, 0.3) is 5.57 Å². The van der Waals surface area contributed by atoms with Gasteiger partial charge in [0.05, 0.1) is 13.4 Å². The van der Waals surface area contributed by atoms with Crippen molar-refractivity contribution >= 4 is 33.3 Å². The van der Waals surface area contributed by atoms with E-state index in [-0.39, 0.29) is 0 Å². The number of benzene rings is 1. The Hall–Kier alpha value is -0.410. The van der Waals surface area contributed by atoms with Crippen molar-refractivity contribution in [3.63, 3.8) is 0 Å². The maximum Gasteiger partial charge on any atom is 0.0862 e. The Morgan fingerprint density at radius 3 is 3.13 bits per heavy atom. The first-order valence-corrected chi connectivity index (χ1v) is 6.73. The normalized spacial score (nSPS) is 18.4. The predicted molar refractivity (Wildman–Crippen MR) is 69.1 cm³/mol. The number of rotatable bonds is 1. The number of allylic oxidation sites excluding steroid dienone is 1. The van der Waals surface area contributed by atoms with Crippen molar-refractivity contribution in [3.05, 3.63) is 34.5 Å². The lowest BCUT2D eigenvalue weighted by atomic mass is 10.0. The molecule has 1 heterocycles. The zero-order valence-electron chi connectivity index (χ0n) is 8.63. The minimum Gasteiger partial charge on any atom is -0.504 e. The van der Waals surface area contributed by atoms with Crippen LogP contribution in [-0.2, 0) is 4.74 Å². The molecule has 1 aromatic rings. The van der Waals surface area contributed by atoms with Gasteiger partial charge in [0.1, 0.15) is 0 Å². The quantitative estimate of drug-likeness (QED) is 0.711. The van der Waals surface area contributed by atoms with Crippen LogP contribution >= 0.6 is 27.7 Å². The fourth-order valence-electron chi connectivity index (χ4n) is 1.72. The van der Waals surface area contributed by atoms with Crippen molar-refractivity contribution in [1.29, 1.82) is 0 Å². The number of ether oxygens (including phenoxy) is 1. The van der Waals surface area contributed by atoms with Crippen molar-refractivity contribution in [2.24, 2.45) is 0 Å². The van der Waals surface area contributed by atoms with Gasteiger partial charge >= 0.3 is 0 Å². The van der Waals surface area contributed by atoms with Crippen LogP contribution in [0.2, 0.25) is 0 Å². The molecule has 0 bridgehead atoms. The highest BCUT2D eigenvalue weighted by Crippen LogP contribution is 2.36. The van der Waals surface area contributed by atoms with Gasteiger partial charge in [-0.3, -0.25) is 0 Å². The van der Waals surface area contributed by atoms with Crippen LogP contribution in [0.4, 0.5) is 0 Å². The number of hydrogen-bond acceptors (Lipinski definition) is 2. The molecule has 1 aliphatic rings. The molecule has 0 saturated carbocycles. The summed E-state index contributed by atoms with van der Waals surface area (Å²) in [5.74, 6) is 1.19. The topological polar surface area (TPSA) is 9.23 Å². The average molecular weight is 285 g/mol. The highest BCUT2D eigenvalue weighted by molar-refractivity contribution is 9.10. The van der Waals surface area contributed by atoms with Crippen LogP contribution in [-0.4, -0.2) is 12.9 Å². The highest BCUT2D eigenvalue weighted by atomic mass is 79.9. The first-order chi connectivity index (χ1) is 7.31. The standard InChI is InChI=1S/C12H13BrOS/c1-14-8-9-3-2-6-15-12-7-10(13)4-5-11(9)12/h4-5,7-8H,2-3,6H2,1H3. The van der Waals surface area contributed by atoms with E-state index in [1.165, 1.54) is 28.2 Å². The molecule has 1 nitrogen and oxygen atoms in total. The van der Waals surface area contributed by atoms with Gasteiger partial charge in [-0.05, 0) is 41.9 Å². The van der Waals surface area contributed by atoms with Crippen molar-refractivity contribution in [1.82, 2.24) is 0 Å². The number of thioether (sulfide) groups is 1. The van der Waals surface area contributed by atoms with Crippen LogP contribution in [0, 0.1) is 0 Å². The highest BCUT2D eigenvalue weighted by Gasteiger charge is 2.13. The first kappa shape index (κ1) is 11.1. The maximum absolute atomic E-state index is 5.14. The molecule has 0 aliphatic carbocycles. The molecule has 3 heteroatoms. The minimum absolute atomic E-state index is 1.11. The smallest absolute Gasteiger partial charge is 0.0862 e. The molecule has 0 fully saturated rings.